The molecule has 6 heteroatoms. The van der Waals surface area contributed by atoms with E-state index in [4.69, 9.17) is 15.0 Å². The van der Waals surface area contributed by atoms with Gasteiger partial charge in [-0.2, -0.15) is 0 Å². The van der Waals surface area contributed by atoms with Crippen LogP contribution < -0.4 is 0 Å². The first kappa shape index (κ1) is 39.2. The predicted molar refractivity (Wildman–Crippen MR) is 289 cm³/mol. The average Bonchev–Trinajstić information content (AvgIpc) is 4.09. The number of thiophene rings is 1. The van der Waals surface area contributed by atoms with Gasteiger partial charge in [-0.05, 0) is 89.0 Å². The maximum absolute atomic E-state index is 5.22. The van der Waals surface area contributed by atoms with Crippen LogP contribution in [0.3, 0.4) is 0 Å². The Kier molecular flexibility index (Phi) is 9.00. The van der Waals surface area contributed by atoms with Crippen LogP contribution in [0.5, 0.6) is 0 Å². The zero-order chi connectivity index (χ0) is 45.4. The zero-order valence-corrected chi connectivity index (χ0v) is 38.0. The van der Waals surface area contributed by atoms with E-state index in [0.29, 0.717) is 17.5 Å². The van der Waals surface area contributed by atoms with Crippen LogP contribution in [-0.4, -0.2) is 24.1 Å². The van der Waals surface area contributed by atoms with Crippen molar-refractivity contribution in [3.63, 3.8) is 0 Å². The number of hydrogen-bond donors (Lipinski definition) is 0. The van der Waals surface area contributed by atoms with Crippen LogP contribution in [0.4, 0.5) is 0 Å². The molecule has 0 atom stereocenters. The Balaban J connectivity index is 0.919. The summed E-state index contributed by atoms with van der Waals surface area (Å²) in [5.41, 5.74) is 14.5. The Hall–Kier alpha value is -8.97. The number of benzene rings is 10. The molecule has 322 valence electrons. The summed E-state index contributed by atoms with van der Waals surface area (Å²) >= 11 is 1.86. The Morgan fingerprint density at radius 1 is 0.275 bits per heavy atom. The molecule has 0 N–H and O–H groups in total. The minimum atomic E-state index is 0.626. The normalized spacial score (nSPS) is 11.8. The Labute approximate surface area is 401 Å². The average molecular weight is 898 g/mol. The summed E-state index contributed by atoms with van der Waals surface area (Å²) in [4.78, 5) is 15.5. The van der Waals surface area contributed by atoms with Gasteiger partial charge in [-0.1, -0.05) is 170 Å². The summed E-state index contributed by atoms with van der Waals surface area (Å²) in [6.07, 6.45) is 0. The van der Waals surface area contributed by atoms with Crippen LogP contribution in [0.1, 0.15) is 0 Å². The standard InChI is InChI=1S/C63H39N5S/c1-4-15-40(16-5-1)44-19-14-20-45(37-44)41-27-29-43(30-28-41)62-64-61(42-17-6-2-7-18-42)65-63(66-62)46-31-35-57-53(38-46)51-33-34-52-54-39-48(67-55-25-12-10-23-49(55)50-24-11-13-26-56(50)67)32-36-58(54)69-60(52)59(51)68(57)47-21-8-3-9-22-47/h1-39H. The number of fused-ring (bicyclic) bond motifs is 10. The fourth-order valence-corrected chi connectivity index (χ4v) is 11.5. The Morgan fingerprint density at radius 3 is 1.46 bits per heavy atom. The molecular formula is C63H39N5S. The number of hydrogen-bond acceptors (Lipinski definition) is 4. The highest BCUT2D eigenvalue weighted by Crippen LogP contribution is 2.45. The second kappa shape index (κ2) is 15.8. The van der Waals surface area contributed by atoms with Gasteiger partial charge < -0.3 is 9.13 Å². The second-order valence-corrected chi connectivity index (χ2v) is 18.6. The molecular weight excluding hydrogens is 859 g/mol. The first-order valence-corrected chi connectivity index (χ1v) is 24.1. The maximum Gasteiger partial charge on any atom is 0.164 e. The molecule has 4 aromatic heterocycles. The van der Waals surface area contributed by atoms with Crippen molar-refractivity contribution in [3.8, 4) is 67.8 Å². The van der Waals surface area contributed by atoms with Crippen LogP contribution in [0.15, 0.2) is 237 Å². The quantitative estimate of drug-likeness (QED) is 0.160. The summed E-state index contributed by atoms with van der Waals surface area (Å²) in [7, 11) is 0. The van der Waals surface area contributed by atoms with Gasteiger partial charge >= 0.3 is 0 Å². The lowest BCUT2D eigenvalue weighted by molar-refractivity contribution is 1.07. The fraction of sp³-hybridized carbons (Fsp3) is 0. The molecule has 69 heavy (non-hydrogen) atoms. The summed E-state index contributed by atoms with van der Waals surface area (Å²) in [6, 6.07) is 84.4. The largest absolute Gasteiger partial charge is 0.309 e. The minimum absolute atomic E-state index is 0.626. The van der Waals surface area contributed by atoms with Crippen LogP contribution in [0, 0.1) is 0 Å². The highest BCUT2D eigenvalue weighted by Gasteiger charge is 2.21. The van der Waals surface area contributed by atoms with Crippen molar-refractivity contribution in [1.82, 2.24) is 24.1 Å². The van der Waals surface area contributed by atoms with E-state index in [2.05, 4.69) is 228 Å². The van der Waals surface area contributed by atoms with Crippen LogP contribution in [0.2, 0.25) is 0 Å². The topological polar surface area (TPSA) is 48.5 Å². The summed E-state index contributed by atoms with van der Waals surface area (Å²) < 4.78 is 7.36. The van der Waals surface area contributed by atoms with Crippen LogP contribution in [0.25, 0.3) is 132 Å². The predicted octanol–water partition coefficient (Wildman–Crippen LogP) is 16.8. The van der Waals surface area contributed by atoms with E-state index in [1.54, 1.807) is 0 Å². The van der Waals surface area contributed by atoms with Gasteiger partial charge in [-0.3, -0.25) is 0 Å². The molecule has 0 spiro atoms. The smallest absolute Gasteiger partial charge is 0.164 e. The van der Waals surface area contributed by atoms with Crippen LogP contribution in [-0.2, 0) is 0 Å². The molecule has 10 aromatic carbocycles. The lowest BCUT2D eigenvalue weighted by Crippen LogP contribution is -2.00. The first-order chi connectivity index (χ1) is 34.2. The van der Waals surface area contributed by atoms with Crippen molar-refractivity contribution in [2.24, 2.45) is 0 Å². The Morgan fingerprint density at radius 2 is 0.783 bits per heavy atom. The highest BCUT2D eigenvalue weighted by molar-refractivity contribution is 7.26. The molecule has 0 aliphatic carbocycles. The van der Waals surface area contributed by atoms with Gasteiger partial charge in [0.15, 0.2) is 17.5 Å². The molecule has 0 unspecified atom stereocenters. The van der Waals surface area contributed by atoms with E-state index in [9.17, 15) is 0 Å². The van der Waals surface area contributed by atoms with Gasteiger partial charge in [-0.15, -0.1) is 11.3 Å². The molecule has 0 amide bonds. The number of rotatable bonds is 7. The molecule has 5 nitrogen and oxygen atoms in total. The molecule has 14 rings (SSSR count). The lowest BCUT2D eigenvalue weighted by atomic mass is 9.98. The molecule has 14 aromatic rings. The SMILES string of the molecule is c1ccc(-c2cccc(-c3ccc(-c4nc(-c5ccccc5)nc(-c5ccc6c(c5)c5ccc7c8cc(-n9c%10ccccc%10c%10ccccc%109)ccc8sc7c5n6-c5ccccc5)n4)cc3)c2)cc1. The van der Waals surface area contributed by atoms with Crippen LogP contribution >= 0.6 is 11.3 Å². The molecule has 0 aliphatic heterocycles. The summed E-state index contributed by atoms with van der Waals surface area (Å²) in [5, 5.41) is 7.34. The number of aromatic nitrogens is 5. The first-order valence-electron chi connectivity index (χ1n) is 23.3. The molecule has 4 heterocycles. The van der Waals surface area contributed by atoms with Crippen molar-refractivity contribution in [3.05, 3.63) is 237 Å². The molecule has 0 saturated carbocycles. The third-order valence-corrected chi connectivity index (χ3v) is 14.8. The van der Waals surface area contributed by atoms with Crippen molar-refractivity contribution in [2.75, 3.05) is 0 Å². The maximum atomic E-state index is 5.22. The minimum Gasteiger partial charge on any atom is -0.309 e. The van der Waals surface area contributed by atoms with Crippen molar-refractivity contribution in [1.29, 1.82) is 0 Å². The van der Waals surface area contributed by atoms with Gasteiger partial charge in [-0.25, -0.2) is 15.0 Å². The molecule has 0 saturated heterocycles. The van der Waals surface area contributed by atoms with Crippen molar-refractivity contribution < 1.29 is 0 Å². The van der Waals surface area contributed by atoms with E-state index in [1.165, 1.54) is 64.0 Å². The lowest BCUT2D eigenvalue weighted by Gasteiger charge is -2.10. The monoisotopic (exact) mass is 897 g/mol. The summed E-state index contributed by atoms with van der Waals surface area (Å²) in [5.74, 6) is 1.89. The van der Waals surface area contributed by atoms with Gasteiger partial charge in [0.25, 0.3) is 0 Å². The molecule has 0 aliphatic rings. The van der Waals surface area contributed by atoms with Gasteiger partial charge in [0.1, 0.15) is 0 Å². The molecule has 0 fully saturated rings. The van der Waals surface area contributed by atoms with E-state index < -0.39 is 0 Å². The third kappa shape index (κ3) is 6.49. The second-order valence-electron chi connectivity index (χ2n) is 17.6. The third-order valence-electron chi connectivity index (χ3n) is 13.6. The summed E-state index contributed by atoms with van der Waals surface area (Å²) in [6.45, 7) is 0. The van der Waals surface area contributed by atoms with E-state index in [1.807, 2.05) is 29.5 Å². The zero-order valence-electron chi connectivity index (χ0n) is 37.2. The van der Waals surface area contributed by atoms with Gasteiger partial charge in [0.05, 0.1) is 26.8 Å². The highest BCUT2D eigenvalue weighted by atomic mass is 32.1. The number of nitrogens with zero attached hydrogens (tertiary/aromatic N) is 5. The molecule has 0 bridgehead atoms. The van der Waals surface area contributed by atoms with E-state index in [-0.39, 0.29) is 0 Å². The number of para-hydroxylation sites is 3. The molecule has 0 radical (unpaired) electrons. The van der Waals surface area contributed by atoms with Crippen molar-refractivity contribution >= 4 is 75.1 Å². The van der Waals surface area contributed by atoms with E-state index in [0.717, 1.165) is 50.1 Å². The van der Waals surface area contributed by atoms with E-state index >= 15 is 0 Å². The van der Waals surface area contributed by atoms with Gasteiger partial charge in [0, 0.05) is 65.1 Å². The van der Waals surface area contributed by atoms with Gasteiger partial charge in [0.2, 0.25) is 0 Å². The van der Waals surface area contributed by atoms with Crippen molar-refractivity contribution in [2.45, 2.75) is 0 Å². The fourth-order valence-electron chi connectivity index (χ4n) is 10.3. The Bertz CT molecular complexity index is 4230.